The lowest BCUT2D eigenvalue weighted by molar-refractivity contribution is -0.184. The summed E-state index contributed by atoms with van der Waals surface area (Å²) in [5, 5.41) is 8.79. The molecular formula is C77H123F5N12O14. The van der Waals surface area contributed by atoms with Gasteiger partial charge in [0.15, 0.2) is 0 Å². The fraction of sp³-hybridized carbons (Fsp3) is 0.818. The van der Waals surface area contributed by atoms with E-state index in [2.05, 4.69) is 16.0 Å². The zero-order valence-electron chi connectivity index (χ0n) is 66.4. The van der Waals surface area contributed by atoms with Crippen molar-refractivity contribution in [3.63, 3.8) is 0 Å². The minimum absolute atomic E-state index is 0.0541. The number of hydrogen-bond acceptors (Lipinski definition) is 14. The van der Waals surface area contributed by atoms with Crippen molar-refractivity contribution in [3.05, 3.63) is 12.2 Å². The SMILES string of the molecule is CCC[C@H]1C(=O)N[C@@H]([C@@H](C)CC)C(=O)N(C)CC(=O)N(C)[C@H]2C/C=C\CCN(C2=O)[C@@H](CC2CCC(C(F)(F)F)CC2)C(=O)N(C)CC(=O)N[C@@H](CCC2CCC(C(F)F)C(OC)C2)C(=O)N2C[C@H](OCC)C[C@H]2C(=O)NC2(CC(C)(C)C2)C(=O)N(C)[C@@H](C2CCCC2)C(=O)N(C)[C@H](C(=O)N(C)C)CC(=O)N1C. The van der Waals surface area contributed by atoms with E-state index in [1.54, 1.807) is 39.8 Å². The molecule has 0 aromatic carbocycles. The van der Waals surface area contributed by atoms with Crippen LogP contribution in [0.4, 0.5) is 22.0 Å². The molecule has 1 spiro atoms. The highest BCUT2D eigenvalue weighted by molar-refractivity contribution is 6.01. The first-order valence-electron chi connectivity index (χ1n) is 39.2. The van der Waals surface area contributed by atoms with Gasteiger partial charge in [-0.2, -0.15) is 13.2 Å². The Morgan fingerprint density at radius 1 is 0.676 bits per heavy atom. The molecule has 12 amide bonds. The van der Waals surface area contributed by atoms with Crippen molar-refractivity contribution in [3.8, 4) is 0 Å². The predicted octanol–water partition coefficient (Wildman–Crippen LogP) is 6.17. The molecule has 4 aliphatic carbocycles. The first-order chi connectivity index (χ1) is 50.7. The number of alkyl halides is 5. The summed E-state index contributed by atoms with van der Waals surface area (Å²) in [4.78, 5) is 193. The molecule has 0 aromatic heterocycles. The summed E-state index contributed by atoms with van der Waals surface area (Å²) in [5.74, 6) is -12.9. The fourth-order valence-electron chi connectivity index (χ4n) is 18.0. The van der Waals surface area contributed by atoms with Crippen molar-refractivity contribution in [1.29, 1.82) is 0 Å². The highest BCUT2D eigenvalue weighted by Crippen LogP contribution is 2.50. The van der Waals surface area contributed by atoms with E-state index >= 15 is 28.8 Å². The molecule has 7 aliphatic rings. The summed E-state index contributed by atoms with van der Waals surface area (Å²) in [5.41, 5.74) is -2.21. The van der Waals surface area contributed by atoms with Gasteiger partial charge in [0.2, 0.25) is 77.3 Å². The van der Waals surface area contributed by atoms with Gasteiger partial charge in [0.1, 0.15) is 53.9 Å². The molecule has 3 aliphatic heterocycles. The molecule has 3 heterocycles. The third kappa shape index (κ3) is 21.3. The van der Waals surface area contributed by atoms with E-state index in [4.69, 9.17) is 9.47 Å². The number of methoxy groups -OCH3 is 1. The van der Waals surface area contributed by atoms with Crippen LogP contribution in [0.15, 0.2) is 12.2 Å². The topological polar surface area (TPSA) is 289 Å². The Bertz CT molecular complexity index is 3210. The summed E-state index contributed by atoms with van der Waals surface area (Å²) in [6, 6.07) is -10.7. The predicted molar refractivity (Wildman–Crippen MR) is 391 cm³/mol. The summed E-state index contributed by atoms with van der Waals surface area (Å²) in [7, 11) is 12.6. The molecule has 0 radical (unpaired) electrons. The van der Waals surface area contributed by atoms with E-state index in [9.17, 15) is 50.7 Å². The van der Waals surface area contributed by atoms with E-state index in [1.165, 1.54) is 92.9 Å². The maximum Gasteiger partial charge on any atom is 0.391 e. The van der Waals surface area contributed by atoms with Crippen LogP contribution < -0.4 is 16.0 Å². The molecule has 31 heteroatoms. The second kappa shape index (κ2) is 38.3. The smallest absolute Gasteiger partial charge is 0.381 e. The molecule has 0 aromatic rings. The molecule has 13 atom stereocenters. The van der Waals surface area contributed by atoms with E-state index < -0.39 is 204 Å². The maximum atomic E-state index is 15.8. The van der Waals surface area contributed by atoms with Crippen molar-refractivity contribution in [2.75, 3.05) is 96.3 Å². The van der Waals surface area contributed by atoms with Crippen molar-refractivity contribution in [2.45, 2.75) is 268 Å². The Hall–Kier alpha value is -7.05. The van der Waals surface area contributed by atoms with Crippen molar-refractivity contribution in [2.24, 2.45) is 40.9 Å². The molecule has 108 heavy (non-hydrogen) atoms. The lowest BCUT2D eigenvalue weighted by atomic mass is 9.58. The van der Waals surface area contributed by atoms with Crippen LogP contribution in [0.3, 0.4) is 0 Å². The molecule has 4 saturated carbocycles. The summed E-state index contributed by atoms with van der Waals surface area (Å²) < 4.78 is 82.8. The third-order valence-electron chi connectivity index (χ3n) is 24.4. The minimum atomic E-state index is -4.47. The van der Waals surface area contributed by atoms with Crippen LogP contribution in [-0.2, 0) is 67.0 Å². The normalized spacial score (nSPS) is 31.6. The van der Waals surface area contributed by atoms with Crippen molar-refractivity contribution >= 4 is 70.9 Å². The fourth-order valence-corrected chi connectivity index (χ4v) is 18.0. The maximum absolute atomic E-state index is 15.8. The van der Waals surface area contributed by atoms with Crippen LogP contribution >= 0.6 is 0 Å². The Morgan fingerprint density at radius 2 is 1.31 bits per heavy atom. The van der Waals surface area contributed by atoms with Gasteiger partial charge in [-0.05, 0) is 145 Å². The van der Waals surface area contributed by atoms with Crippen LogP contribution in [-0.4, -0.2) is 290 Å². The van der Waals surface area contributed by atoms with Crippen LogP contribution in [0.25, 0.3) is 0 Å². The highest BCUT2D eigenvalue weighted by atomic mass is 19.4. The zero-order valence-corrected chi connectivity index (χ0v) is 66.4. The first-order valence-corrected chi connectivity index (χ1v) is 39.2. The van der Waals surface area contributed by atoms with Gasteiger partial charge in [0, 0.05) is 95.5 Å². The van der Waals surface area contributed by atoms with Crippen LogP contribution in [0, 0.1) is 40.9 Å². The number of hydrogen-bond donors (Lipinski definition) is 3. The molecule has 2 bridgehead atoms. The number of carbonyl (C=O) groups excluding carboxylic acids is 12. The van der Waals surface area contributed by atoms with Gasteiger partial charge in [-0.15, -0.1) is 0 Å². The number of fused-ring (bicyclic) bond motifs is 3. The summed E-state index contributed by atoms with van der Waals surface area (Å²) in [6.45, 7) is 9.48. The van der Waals surface area contributed by atoms with E-state index in [0.29, 0.717) is 44.9 Å². The number of carbonyl (C=O) groups is 12. The van der Waals surface area contributed by atoms with Gasteiger partial charge in [0.25, 0.3) is 0 Å². The molecule has 6 fully saturated rings. The molecule has 3 unspecified atom stereocenters. The number of halogens is 5. The largest absolute Gasteiger partial charge is 0.391 e. The lowest BCUT2D eigenvalue weighted by Crippen LogP contribution is -2.71. The van der Waals surface area contributed by atoms with Gasteiger partial charge in [-0.1, -0.05) is 72.5 Å². The molecular weight excluding hydrogens is 1410 g/mol. The van der Waals surface area contributed by atoms with Crippen LogP contribution in [0.5, 0.6) is 0 Å². The van der Waals surface area contributed by atoms with Gasteiger partial charge in [-0.3, -0.25) is 57.5 Å². The van der Waals surface area contributed by atoms with Gasteiger partial charge in [0.05, 0.1) is 37.6 Å². The number of ether oxygens (including phenoxy) is 2. The lowest BCUT2D eigenvalue weighted by Gasteiger charge is -2.54. The molecule has 26 nitrogen and oxygen atoms in total. The summed E-state index contributed by atoms with van der Waals surface area (Å²) in [6.07, 6.45) is -1.96. The van der Waals surface area contributed by atoms with E-state index in [1.807, 2.05) is 13.8 Å². The molecule has 610 valence electrons. The molecule has 2 saturated heterocycles. The Labute approximate surface area is 634 Å². The summed E-state index contributed by atoms with van der Waals surface area (Å²) >= 11 is 0. The number of likely N-dealkylation sites (N-methyl/N-ethyl adjacent to an activating group) is 7. The Kier molecular flexibility index (Phi) is 31.2. The van der Waals surface area contributed by atoms with Gasteiger partial charge in [-0.25, -0.2) is 8.78 Å². The zero-order chi connectivity index (χ0) is 80.2. The quantitative estimate of drug-likeness (QED) is 0.122. The monoisotopic (exact) mass is 1530 g/mol. The minimum Gasteiger partial charge on any atom is -0.381 e. The van der Waals surface area contributed by atoms with Crippen LogP contribution in [0.2, 0.25) is 0 Å². The first kappa shape index (κ1) is 88.2. The van der Waals surface area contributed by atoms with Gasteiger partial charge < -0.3 is 69.5 Å². The second-order valence-electron chi connectivity index (χ2n) is 33.0. The average molecular weight is 1540 g/mol. The Balaban J connectivity index is 1.33. The second-order valence-corrected chi connectivity index (χ2v) is 33.0. The third-order valence-corrected chi connectivity index (χ3v) is 24.4. The van der Waals surface area contributed by atoms with E-state index in [-0.39, 0.29) is 122 Å². The number of rotatable bonds is 15. The highest BCUT2D eigenvalue weighted by Gasteiger charge is 2.59. The van der Waals surface area contributed by atoms with E-state index in [0.717, 1.165) is 14.7 Å². The number of nitrogens with one attached hydrogen (secondary N) is 3. The number of amides is 12. The van der Waals surface area contributed by atoms with Gasteiger partial charge >= 0.3 is 6.18 Å². The van der Waals surface area contributed by atoms with Crippen LogP contribution in [0.1, 0.15) is 189 Å². The van der Waals surface area contributed by atoms with Crippen molar-refractivity contribution < 1.29 is 89.0 Å². The molecule has 7 rings (SSSR count). The number of nitrogens with zero attached hydrogens (tertiary/aromatic N) is 9. The molecule has 3 N–H and O–H groups in total. The Morgan fingerprint density at radius 3 is 1.90 bits per heavy atom. The average Bonchev–Trinajstić information content (AvgIpc) is 0.826. The standard InChI is InChI=1S/C77H123F5N12O14/c1-16-24-54-66(98)84-63(46(4)17-2)72(104)88(10)43-62(97)90(12)55-27-20-19-23-36-93(71(55)103)58(37-47-28-32-50(33-29-47)77(80,81)82)70(102)87(9)42-60(95)83-53(35-31-48-30-34-52(65(78)79)59(38-48)107-15)68(100)94-41-51(108-18-3)39-56(94)67(99)85-76(44-75(5,6)45-76)74(106)92(14)64(49-25-21-22-26-49)73(105)91(13)57(69(101)86(7)8)40-61(96)89(54)11/h19-20,46-59,63-65H,16-18,21-45H2,1-15H3,(H,83,95)(H,84,98)(H,85,99)/b20-19-/t46-,47?,48?,50?,51+,52?,53-,54-,55-,56-,57-,58-,59?,63-,64-/m0/s1. The van der Waals surface area contributed by atoms with Crippen molar-refractivity contribution in [1.82, 2.24) is 60.0 Å².